The third kappa shape index (κ3) is 3.71. The molecule has 0 bridgehead atoms. The third-order valence-electron chi connectivity index (χ3n) is 3.91. The molecule has 0 saturated carbocycles. The molecule has 0 unspecified atom stereocenters. The molecule has 3 aromatic carbocycles. The Bertz CT molecular complexity index is 960. The van der Waals surface area contributed by atoms with Crippen molar-refractivity contribution in [3.05, 3.63) is 94.5 Å². The van der Waals surface area contributed by atoms with Crippen LogP contribution in [0, 0.1) is 11.3 Å². The summed E-state index contributed by atoms with van der Waals surface area (Å²) in [6.45, 7) is 0.340. The molecule has 3 aromatic rings. The van der Waals surface area contributed by atoms with Gasteiger partial charge in [-0.25, -0.2) is 0 Å². The normalized spacial score (nSPS) is 10.1. The lowest BCUT2D eigenvalue weighted by Crippen LogP contribution is -2.23. The quantitative estimate of drug-likeness (QED) is 0.737. The molecule has 0 aliphatic rings. The lowest BCUT2D eigenvalue weighted by Gasteiger charge is -2.12. The zero-order valence-electron chi connectivity index (χ0n) is 13.4. The predicted octanol–water partition coefficient (Wildman–Crippen LogP) is 4.81. The van der Waals surface area contributed by atoms with Crippen molar-refractivity contribution in [2.24, 2.45) is 0 Å². The molecule has 4 heteroatoms. The van der Waals surface area contributed by atoms with Gasteiger partial charge in [0.05, 0.1) is 11.6 Å². The Morgan fingerprint density at radius 2 is 1.56 bits per heavy atom. The summed E-state index contributed by atoms with van der Waals surface area (Å²) in [4.78, 5) is 12.7. The maximum atomic E-state index is 12.7. The van der Waals surface area contributed by atoms with Gasteiger partial charge in [-0.05, 0) is 29.3 Å². The first-order valence-electron chi connectivity index (χ1n) is 7.81. The number of nitrogens with one attached hydrogen (secondary N) is 1. The van der Waals surface area contributed by atoms with E-state index < -0.39 is 0 Å². The Hall–Kier alpha value is -3.09. The van der Waals surface area contributed by atoms with Crippen LogP contribution in [-0.4, -0.2) is 5.91 Å². The average molecular weight is 347 g/mol. The van der Waals surface area contributed by atoms with E-state index in [9.17, 15) is 10.1 Å². The minimum absolute atomic E-state index is 0.205. The topological polar surface area (TPSA) is 52.9 Å². The summed E-state index contributed by atoms with van der Waals surface area (Å²) >= 11 is 6.13. The fraction of sp³-hybridized carbons (Fsp3) is 0.0476. The number of benzene rings is 3. The van der Waals surface area contributed by atoms with Gasteiger partial charge in [0.15, 0.2) is 0 Å². The van der Waals surface area contributed by atoms with Crippen molar-refractivity contribution in [3.8, 4) is 17.2 Å². The maximum absolute atomic E-state index is 12.7. The molecule has 0 atom stereocenters. The molecule has 1 amide bonds. The molecule has 0 aromatic heterocycles. The van der Waals surface area contributed by atoms with Crippen molar-refractivity contribution >= 4 is 17.5 Å². The van der Waals surface area contributed by atoms with Gasteiger partial charge in [0, 0.05) is 22.7 Å². The summed E-state index contributed by atoms with van der Waals surface area (Å²) in [7, 11) is 0. The molecule has 0 aliphatic heterocycles. The highest BCUT2D eigenvalue weighted by atomic mass is 35.5. The Kier molecular flexibility index (Phi) is 5.13. The number of carbonyl (C=O) groups is 1. The number of nitriles is 1. The van der Waals surface area contributed by atoms with Gasteiger partial charge >= 0.3 is 0 Å². The van der Waals surface area contributed by atoms with Crippen molar-refractivity contribution in [3.63, 3.8) is 0 Å². The highest BCUT2D eigenvalue weighted by Gasteiger charge is 2.14. The second kappa shape index (κ2) is 7.65. The predicted molar refractivity (Wildman–Crippen MR) is 99.2 cm³/mol. The molecule has 122 valence electrons. The van der Waals surface area contributed by atoms with Gasteiger partial charge in [-0.2, -0.15) is 5.26 Å². The standard InChI is InChI=1S/C21H15ClN2O/c22-20-12-6-2-8-16(20)14-24-21(25)19-11-5-4-10-18(19)17-9-3-1-7-15(17)13-23/h1-12H,14H2,(H,24,25). The van der Waals surface area contributed by atoms with Gasteiger partial charge in [0.2, 0.25) is 0 Å². The van der Waals surface area contributed by atoms with E-state index in [1.165, 1.54) is 0 Å². The van der Waals surface area contributed by atoms with E-state index in [0.29, 0.717) is 22.7 Å². The molecular weight excluding hydrogens is 332 g/mol. The summed E-state index contributed by atoms with van der Waals surface area (Å²) in [6.07, 6.45) is 0. The zero-order chi connectivity index (χ0) is 17.6. The SMILES string of the molecule is N#Cc1ccccc1-c1ccccc1C(=O)NCc1ccccc1Cl. The Morgan fingerprint density at radius 3 is 2.32 bits per heavy atom. The molecule has 0 saturated heterocycles. The highest BCUT2D eigenvalue weighted by Crippen LogP contribution is 2.27. The molecule has 0 aliphatic carbocycles. The number of rotatable bonds is 4. The smallest absolute Gasteiger partial charge is 0.252 e. The van der Waals surface area contributed by atoms with Crippen molar-refractivity contribution in [1.29, 1.82) is 5.26 Å². The lowest BCUT2D eigenvalue weighted by atomic mass is 9.95. The minimum Gasteiger partial charge on any atom is -0.348 e. The van der Waals surface area contributed by atoms with Gasteiger partial charge in [-0.3, -0.25) is 4.79 Å². The van der Waals surface area contributed by atoms with Crippen molar-refractivity contribution in [2.45, 2.75) is 6.54 Å². The number of halogens is 1. The van der Waals surface area contributed by atoms with Gasteiger partial charge in [0.25, 0.3) is 5.91 Å². The second-order valence-corrected chi connectivity index (χ2v) is 5.88. The summed E-state index contributed by atoms with van der Waals surface area (Å²) in [6, 6.07) is 24.1. The fourth-order valence-corrected chi connectivity index (χ4v) is 2.85. The van der Waals surface area contributed by atoms with Crippen LogP contribution in [0.1, 0.15) is 21.5 Å². The molecular formula is C21H15ClN2O. The van der Waals surface area contributed by atoms with E-state index in [-0.39, 0.29) is 5.91 Å². The Balaban J connectivity index is 1.90. The Labute approximate surface area is 151 Å². The Morgan fingerprint density at radius 1 is 0.920 bits per heavy atom. The van der Waals surface area contributed by atoms with E-state index in [0.717, 1.165) is 16.7 Å². The van der Waals surface area contributed by atoms with E-state index in [1.807, 2.05) is 54.6 Å². The lowest BCUT2D eigenvalue weighted by molar-refractivity contribution is 0.0951. The fourth-order valence-electron chi connectivity index (χ4n) is 2.64. The van der Waals surface area contributed by atoms with Crippen LogP contribution in [0.3, 0.4) is 0 Å². The van der Waals surface area contributed by atoms with E-state index in [2.05, 4.69) is 11.4 Å². The van der Waals surface area contributed by atoms with Crippen LogP contribution in [0.5, 0.6) is 0 Å². The molecule has 3 rings (SSSR count). The van der Waals surface area contributed by atoms with Crippen LogP contribution >= 0.6 is 11.6 Å². The minimum atomic E-state index is -0.205. The first-order chi connectivity index (χ1) is 12.2. The zero-order valence-corrected chi connectivity index (χ0v) is 14.1. The summed E-state index contributed by atoms with van der Waals surface area (Å²) < 4.78 is 0. The first kappa shape index (κ1) is 16.8. The molecule has 0 radical (unpaired) electrons. The molecule has 25 heavy (non-hydrogen) atoms. The number of hydrogen-bond acceptors (Lipinski definition) is 2. The van der Waals surface area contributed by atoms with Gasteiger partial charge in [-0.1, -0.05) is 66.2 Å². The van der Waals surface area contributed by atoms with Gasteiger partial charge in [0.1, 0.15) is 0 Å². The molecule has 0 heterocycles. The number of carbonyl (C=O) groups excluding carboxylic acids is 1. The summed E-state index contributed by atoms with van der Waals surface area (Å²) in [5.41, 5.74) is 3.39. The van der Waals surface area contributed by atoms with Crippen molar-refractivity contribution in [2.75, 3.05) is 0 Å². The largest absolute Gasteiger partial charge is 0.348 e. The molecule has 0 fully saturated rings. The van der Waals surface area contributed by atoms with Crippen molar-refractivity contribution in [1.82, 2.24) is 5.32 Å². The third-order valence-corrected chi connectivity index (χ3v) is 4.28. The van der Waals surface area contributed by atoms with Crippen LogP contribution < -0.4 is 5.32 Å². The number of hydrogen-bond donors (Lipinski definition) is 1. The van der Waals surface area contributed by atoms with Gasteiger partial charge < -0.3 is 5.32 Å². The summed E-state index contributed by atoms with van der Waals surface area (Å²) in [5, 5.41) is 12.8. The van der Waals surface area contributed by atoms with E-state index in [1.54, 1.807) is 18.2 Å². The maximum Gasteiger partial charge on any atom is 0.252 e. The molecule has 0 spiro atoms. The van der Waals surface area contributed by atoms with Crippen molar-refractivity contribution < 1.29 is 4.79 Å². The van der Waals surface area contributed by atoms with Crippen LogP contribution in [0.15, 0.2) is 72.8 Å². The summed E-state index contributed by atoms with van der Waals surface area (Å²) in [5.74, 6) is -0.205. The second-order valence-electron chi connectivity index (χ2n) is 5.48. The van der Waals surface area contributed by atoms with Gasteiger partial charge in [-0.15, -0.1) is 0 Å². The first-order valence-corrected chi connectivity index (χ1v) is 8.18. The molecule has 1 N–H and O–H groups in total. The van der Waals surface area contributed by atoms with Crippen LogP contribution in [0.25, 0.3) is 11.1 Å². The molecule has 3 nitrogen and oxygen atoms in total. The highest BCUT2D eigenvalue weighted by molar-refractivity contribution is 6.31. The number of nitrogens with zero attached hydrogens (tertiary/aromatic N) is 1. The van der Waals surface area contributed by atoms with Crippen LogP contribution in [0.4, 0.5) is 0 Å². The number of amides is 1. The average Bonchev–Trinajstić information content (AvgIpc) is 2.67. The van der Waals surface area contributed by atoms with E-state index in [4.69, 9.17) is 11.6 Å². The van der Waals surface area contributed by atoms with Crippen LogP contribution in [-0.2, 0) is 6.54 Å². The monoisotopic (exact) mass is 346 g/mol. The van der Waals surface area contributed by atoms with Crippen LogP contribution in [0.2, 0.25) is 5.02 Å². The van der Waals surface area contributed by atoms with E-state index >= 15 is 0 Å².